The second-order valence-electron chi connectivity index (χ2n) is 8.13. The van der Waals surface area contributed by atoms with Gasteiger partial charge < -0.3 is 5.32 Å². The number of nitrogens with one attached hydrogen (secondary N) is 1. The zero-order chi connectivity index (χ0) is 24.8. The summed E-state index contributed by atoms with van der Waals surface area (Å²) in [7, 11) is 0. The lowest BCUT2D eigenvalue weighted by Gasteiger charge is -2.17. The Balaban J connectivity index is 1.57. The van der Waals surface area contributed by atoms with Crippen LogP contribution in [0.15, 0.2) is 82.8 Å². The van der Waals surface area contributed by atoms with Gasteiger partial charge in [-0.3, -0.25) is 9.36 Å². The summed E-state index contributed by atoms with van der Waals surface area (Å²) in [5.41, 5.74) is 3.89. The predicted octanol–water partition coefficient (Wildman–Crippen LogP) is 7.34. The summed E-state index contributed by atoms with van der Waals surface area (Å²) < 4.78 is 2.05. The molecule has 1 N–H and O–H groups in total. The van der Waals surface area contributed by atoms with Gasteiger partial charge in [0.05, 0.1) is 11.0 Å². The third kappa shape index (κ3) is 6.48. The molecule has 4 rings (SSSR count). The zero-order valence-electron chi connectivity index (χ0n) is 19.9. The second kappa shape index (κ2) is 11.8. The lowest BCUT2D eigenvalue weighted by Crippen LogP contribution is -2.25. The maximum absolute atomic E-state index is 13.2. The van der Waals surface area contributed by atoms with Crippen LogP contribution in [0.2, 0.25) is 5.02 Å². The molecule has 4 aromatic rings. The first-order chi connectivity index (χ1) is 16.9. The molecule has 35 heavy (non-hydrogen) atoms. The van der Waals surface area contributed by atoms with Gasteiger partial charge in [0.1, 0.15) is 5.82 Å². The number of rotatable bonds is 9. The van der Waals surface area contributed by atoms with Crippen LogP contribution in [0.5, 0.6) is 0 Å². The van der Waals surface area contributed by atoms with Crippen molar-refractivity contribution < 1.29 is 4.79 Å². The van der Waals surface area contributed by atoms with E-state index >= 15 is 0 Å². The summed E-state index contributed by atoms with van der Waals surface area (Å²) in [5.74, 6) is 1.42. The van der Waals surface area contributed by atoms with Crippen LogP contribution in [0.3, 0.4) is 0 Å². The van der Waals surface area contributed by atoms with Crippen molar-refractivity contribution in [1.29, 1.82) is 0 Å². The molecule has 0 fully saturated rings. The van der Waals surface area contributed by atoms with Crippen molar-refractivity contribution in [3.8, 4) is 5.69 Å². The van der Waals surface area contributed by atoms with Gasteiger partial charge in [0, 0.05) is 21.3 Å². The number of aryl methyl sites for hydroxylation is 2. The number of benzene rings is 3. The van der Waals surface area contributed by atoms with Crippen LogP contribution in [-0.2, 0) is 10.5 Å². The van der Waals surface area contributed by atoms with Crippen molar-refractivity contribution in [3.05, 3.63) is 94.8 Å². The van der Waals surface area contributed by atoms with Crippen molar-refractivity contribution in [3.63, 3.8) is 0 Å². The first kappa shape index (κ1) is 25.4. The van der Waals surface area contributed by atoms with Crippen LogP contribution in [0.1, 0.15) is 30.3 Å². The molecule has 0 aliphatic heterocycles. The number of nitrogens with zero attached hydrogens (tertiary/aromatic N) is 3. The van der Waals surface area contributed by atoms with E-state index < -0.39 is 0 Å². The standard InChI is InChI=1S/C27H27ClN4OS2/c1-4-24(26(33)29-23-16-20(28)13-12-19(23)3)35-27-31-30-25(32(27)21-8-6-5-7-9-21)17-34-22-14-10-18(2)11-15-22/h5-16,24H,4,17H2,1-3H3,(H,29,33). The first-order valence-corrected chi connectivity index (χ1v) is 13.6. The molecule has 0 saturated heterocycles. The number of para-hydroxylation sites is 1. The van der Waals surface area contributed by atoms with Gasteiger partial charge in [0.15, 0.2) is 5.16 Å². The number of aromatic nitrogens is 3. The number of carbonyl (C=O) groups is 1. The molecular formula is C27H27ClN4OS2. The molecule has 0 bridgehead atoms. The van der Waals surface area contributed by atoms with Gasteiger partial charge in [-0.25, -0.2) is 0 Å². The van der Waals surface area contributed by atoms with E-state index in [9.17, 15) is 4.79 Å². The minimum absolute atomic E-state index is 0.0824. The fourth-order valence-corrected chi connectivity index (χ4v) is 5.46. The molecule has 5 nitrogen and oxygen atoms in total. The van der Waals surface area contributed by atoms with Gasteiger partial charge >= 0.3 is 0 Å². The number of hydrogen-bond donors (Lipinski definition) is 1. The zero-order valence-corrected chi connectivity index (χ0v) is 22.3. The third-order valence-electron chi connectivity index (χ3n) is 5.47. The maximum Gasteiger partial charge on any atom is 0.237 e. The Kier molecular flexibility index (Phi) is 8.55. The highest BCUT2D eigenvalue weighted by Gasteiger charge is 2.24. The van der Waals surface area contributed by atoms with E-state index in [1.54, 1.807) is 17.8 Å². The summed E-state index contributed by atoms with van der Waals surface area (Å²) in [6.45, 7) is 6.03. The van der Waals surface area contributed by atoms with Crippen LogP contribution < -0.4 is 5.32 Å². The van der Waals surface area contributed by atoms with Crippen molar-refractivity contribution >= 4 is 46.7 Å². The summed E-state index contributed by atoms with van der Waals surface area (Å²) in [6, 6.07) is 24.0. The van der Waals surface area contributed by atoms with Gasteiger partial charge in [-0.05, 0) is 62.2 Å². The molecule has 3 aromatic carbocycles. The topological polar surface area (TPSA) is 59.8 Å². The second-order valence-corrected chi connectivity index (χ2v) is 10.8. The number of halogens is 1. The first-order valence-electron chi connectivity index (χ1n) is 11.4. The van der Waals surface area contributed by atoms with Crippen LogP contribution in [-0.4, -0.2) is 25.9 Å². The molecule has 0 spiro atoms. The lowest BCUT2D eigenvalue weighted by atomic mass is 10.2. The minimum Gasteiger partial charge on any atom is -0.325 e. The largest absolute Gasteiger partial charge is 0.325 e. The van der Waals surface area contributed by atoms with Crippen molar-refractivity contribution in [2.45, 2.75) is 48.2 Å². The Morgan fingerprint density at radius 3 is 2.49 bits per heavy atom. The normalized spacial score (nSPS) is 11.9. The van der Waals surface area contributed by atoms with Crippen LogP contribution in [0, 0.1) is 13.8 Å². The highest BCUT2D eigenvalue weighted by molar-refractivity contribution is 8.00. The van der Waals surface area contributed by atoms with Gasteiger partial charge in [0.25, 0.3) is 0 Å². The summed E-state index contributed by atoms with van der Waals surface area (Å²) in [5, 5.41) is 13.0. The van der Waals surface area contributed by atoms with Crippen LogP contribution in [0.4, 0.5) is 5.69 Å². The number of hydrogen-bond acceptors (Lipinski definition) is 5. The summed E-state index contributed by atoms with van der Waals surface area (Å²) in [4.78, 5) is 14.3. The van der Waals surface area contributed by atoms with E-state index in [0.717, 1.165) is 22.8 Å². The van der Waals surface area contributed by atoms with E-state index in [4.69, 9.17) is 11.6 Å². The Morgan fingerprint density at radius 2 is 1.77 bits per heavy atom. The summed E-state index contributed by atoms with van der Waals surface area (Å²) >= 11 is 9.28. The monoisotopic (exact) mass is 522 g/mol. The smallest absolute Gasteiger partial charge is 0.237 e. The average Bonchev–Trinajstić information content (AvgIpc) is 3.27. The Labute approximate surface area is 219 Å². The molecule has 1 atom stereocenters. The van der Waals surface area contributed by atoms with E-state index in [1.807, 2.05) is 60.9 Å². The van der Waals surface area contributed by atoms with E-state index in [1.165, 1.54) is 22.2 Å². The van der Waals surface area contributed by atoms with Gasteiger partial charge in [-0.2, -0.15) is 0 Å². The minimum atomic E-state index is -0.336. The number of anilines is 1. The molecule has 1 aromatic heterocycles. The van der Waals surface area contributed by atoms with E-state index in [0.29, 0.717) is 22.4 Å². The predicted molar refractivity (Wildman–Crippen MR) is 147 cm³/mol. The highest BCUT2D eigenvalue weighted by atomic mass is 35.5. The van der Waals surface area contributed by atoms with Gasteiger partial charge in [-0.15, -0.1) is 22.0 Å². The molecule has 1 amide bonds. The third-order valence-corrected chi connectivity index (χ3v) is 8.02. The van der Waals surface area contributed by atoms with Crippen LogP contribution in [0.25, 0.3) is 5.69 Å². The van der Waals surface area contributed by atoms with Crippen molar-refractivity contribution in [2.75, 3.05) is 5.32 Å². The Hall–Kier alpha value is -2.74. The quantitative estimate of drug-likeness (QED) is 0.233. The lowest BCUT2D eigenvalue weighted by molar-refractivity contribution is -0.115. The fraction of sp³-hybridized carbons (Fsp3) is 0.222. The molecular weight excluding hydrogens is 496 g/mol. The molecule has 0 radical (unpaired) electrons. The number of thioether (sulfide) groups is 2. The maximum atomic E-state index is 13.2. The van der Waals surface area contributed by atoms with Gasteiger partial charge in [0.2, 0.25) is 5.91 Å². The average molecular weight is 523 g/mol. The van der Waals surface area contributed by atoms with Gasteiger partial charge in [-0.1, -0.05) is 72.2 Å². The van der Waals surface area contributed by atoms with Crippen LogP contribution >= 0.6 is 35.1 Å². The molecule has 0 aliphatic carbocycles. The molecule has 1 unspecified atom stereocenters. The summed E-state index contributed by atoms with van der Waals surface area (Å²) in [6.07, 6.45) is 0.644. The molecule has 1 heterocycles. The molecule has 8 heteroatoms. The molecule has 0 saturated carbocycles. The highest BCUT2D eigenvalue weighted by Crippen LogP contribution is 2.31. The number of carbonyl (C=O) groups excluding carboxylic acids is 1. The Bertz CT molecular complexity index is 1290. The Morgan fingerprint density at radius 1 is 1.03 bits per heavy atom. The molecule has 0 aliphatic rings. The van der Waals surface area contributed by atoms with E-state index in [2.05, 4.69) is 46.7 Å². The SMILES string of the molecule is CCC(Sc1nnc(CSc2ccc(C)cc2)n1-c1ccccc1)C(=O)Nc1cc(Cl)ccc1C. The molecule has 180 valence electrons. The van der Waals surface area contributed by atoms with Crippen molar-refractivity contribution in [1.82, 2.24) is 14.8 Å². The van der Waals surface area contributed by atoms with Crippen molar-refractivity contribution in [2.24, 2.45) is 0 Å². The number of amides is 1. The van der Waals surface area contributed by atoms with E-state index in [-0.39, 0.29) is 11.2 Å². The fourth-order valence-electron chi connectivity index (χ4n) is 3.48.